The molecule has 8 aromatic carbocycles. The van der Waals surface area contributed by atoms with Gasteiger partial charge in [-0.25, -0.2) is 0 Å². The van der Waals surface area contributed by atoms with Crippen molar-refractivity contribution in [1.82, 2.24) is 0 Å². The van der Waals surface area contributed by atoms with Gasteiger partial charge in [-0.15, -0.1) is 0 Å². The molecule has 0 saturated carbocycles. The predicted molar refractivity (Wildman–Crippen MR) is 175 cm³/mol. The summed E-state index contributed by atoms with van der Waals surface area (Å²) < 4.78 is 0. The lowest BCUT2D eigenvalue weighted by Crippen LogP contribution is -2.10. The highest BCUT2D eigenvalue weighted by Gasteiger charge is 2.19. The second kappa shape index (κ2) is 8.41. The van der Waals surface area contributed by atoms with Gasteiger partial charge in [-0.2, -0.15) is 0 Å². The van der Waals surface area contributed by atoms with Crippen LogP contribution in [0.1, 0.15) is 26.3 Å². The number of benzene rings is 8. The lowest BCUT2D eigenvalue weighted by Gasteiger charge is -2.22. The summed E-state index contributed by atoms with van der Waals surface area (Å²) in [6.45, 7) is 6.89. The zero-order valence-corrected chi connectivity index (χ0v) is 23.1. The lowest BCUT2D eigenvalue weighted by atomic mass is 9.82. The summed E-state index contributed by atoms with van der Waals surface area (Å²) >= 11 is 0. The van der Waals surface area contributed by atoms with E-state index in [0.717, 1.165) is 0 Å². The van der Waals surface area contributed by atoms with Gasteiger partial charge in [0.25, 0.3) is 0 Å². The third-order valence-corrected chi connectivity index (χ3v) is 8.74. The first-order valence-electron chi connectivity index (χ1n) is 14.2. The van der Waals surface area contributed by atoms with Crippen molar-refractivity contribution in [2.45, 2.75) is 26.2 Å². The van der Waals surface area contributed by atoms with Gasteiger partial charge in [-0.3, -0.25) is 0 Å². The monoisotopic (exact) mass is 510 g/mol. The van der Waals surface area contributed by atoms with E-state index in [0.29, 0.717) is 0 Å². The quantitative estimate of drug-likeness (QED) is 0.203. The van der Waals surface area contributed by atoms with E-state index in [-0.39, 0.29) is 5.41 Å². The SMILES string of the molecule is CC(C)(C)c1cc2ccc3ccc(-c4ccc(-c5ccc6ccccc6c5)c5ccccc45)c4ccc(c1)c2c34. The Hall–Kier alpha value is -4.68. The molecule has 0 aromatic heterocycles. The molecular weight excluding hydrogens is 480 g/mol. The van der Waals surface area contributed by atoms with Crippen LogP contribution in [0.3, 0.4) is 0 Å². The van der Waals surface area contributed by atoms with Gasteiger partial charge in [0, 0.05) is 0 Å². The first-order valence-corrected chi connectivity index (χ1v) is 14.2. The van der Waals surface area contributed by atoms with Crippen molar-refractivity contribution in [2.75, 3.05) is 0 Å². The fourth-order valence-electron chi connectivity index (χ4n) is 6.63. The molecule has 0 saturated heterocycles. The van der Waals surface area contributed by atoms with Crippen LogP contribution in [0.5, 0.6) is 0 Å². The summed E-state index contributed by atoms with van der Waals surface area (Å²) in [5.74, 6) is 0. The zero-order valence-electron chi connectivity index (χ0n) is 23.1. The largest absolute Gasteiger partial charge is 0.0616 e. The third-order valence-electron chi connectivity index (χ3n) is 8.74. The molecule has 0 bridgehead atoms. The molecule has 8 aromatic rings. The Labute approximate surface area is 234 Å². The minimum absolute atomic E-state index is 0.112. The molecule has 0 aliphatic carbocycles. The molecule has 0 N–H and O–H groups in total. The number of hydrogen-bond acceptors (Lipinski definition) is 0. The van der Waals surface area contributed by atoms with E-state index in [9.17, 15) is 0 Å². The molecule has 40 heavy (non-hydrogen) atoms. The van der Waals surface area contributed by atoms with Crippen LogP contribution in [0, 0.1) is 0 Å². The average molecular weight is 511 g/mol. The average Bonchev–Trinajstić information content (AvgIpc) is 2.98. The molecule has 0 aliphatic heterocycles. The van der Waals surface area contributed by atoms with Gasteiger partial charge >= 0.3 is 0 Å². The summed E-state index contributed by atoms with van der Waals surface area (Å²) in [7, 11) is 0. The van der Waals surface area contributed by atoms with Gasteiger partial charge in [0.1, 0.15) is 0 Å². The van der Waals surface area contributed by atoms with E-state index in [1.54, 1.807) is 0 Å². The molecule has 0 atom stereocenters. The fourth-order valence-corrected chi connectivity index (χ4v) is 6.63. The normalized spacial score (nSPS) is 12.4. The maximum atomic E-state index is 2.39. The standard InChI is InChI=1S/C40H30/c1-40(2,3)31-23-29-15-13-26-16-18-36(37-19-17-30(24-31)38(29)39(26)37)35-21-20-32(33-10-6-7-11-34(33)35)28-14-12-25-8-4-5-9-27(25)22-28/h4-24H,1-3H3. The van der Waals surface area contributed by atoms with Crippen LogP contribution >= 0.6 is 0 Å². The van der Waals surface area contributed by atoms with E-state index in [2.05, 4.69) is 148 Å². The predicted octanol–water partition coefficient (Wildman–Crippen LogP) is 11.5. The van der Waals surface area contributed by atoms with Crippen molar-refractivity contribution in [2.24, 2.45) is 0 Å². The van der Waals surface area contributed by atoms with Gasteiger partial charge in [0.15, 0.2) is 0 Å². The molecule has 0 heterocycles. The third kappa shape index (κ3) is 3.46. The molecular formula is C40H30. The van der Waals surface area contributed by atoms with Gasteiger partial charge in [0.2, 0.25) is 0 Å². The molecule has 0 heteroatoms. The van der Waals surface area contributed by atoms with E-state index in [4.69, 9.17) is 0 Å². The Morgan fingerprint density at radius 3 is 1.70 bits per heavy atom. The van der Waals surface area contributed by atoms with Crippen LogP contribution < -0.4 is 0 Å². The Morgan fingerprint density at radius 2 is 0.925 bits per heavy atom. The van der Waals surface area contributed by atoms with Crippen LogP contribution in [-0.2, 0) is 5.41 Å². The Balaban J connectivity index is 1.38. The lowest BCUT2D eigenvalue weighted by molar-refractivity contribution is 0.591. The molecule has 0 fully saturated rings. The molecule has 0 radical (unpaired) electrons. The number of rotatable bonds is 2. The van der Waals surface area contributed by atoms with Crippen molar-refractivity contribution < 1.29 is 0 Å². The van der Waals surface area contributed by atoms with Crippen LogP contribution in [0.15, 0.2) is 127 Å². The van der Waals surface area contributed by atoms with Gasteiger partial charge in [-0.1, -0.05) is 142 Å². The van der Waals surface area contributed by atoms with Crippen LogP contribution in [0.25, 0.3) is 76.1 Å². The van der Waals surface area contributed by atoms with E-state index in [1.165, 1.54) is 81.7 Å². The maximum absolute atomic E-state index is 2.39. The second-order valence-electron chi connectivity index (χ2n) is 12.2. The molecule has 0 spiro atoms. The smallest absolute Gasteiger partial charge is 0.00206 e. The second-order valence-corrected chi connectivity index (χ2v) is 12.2. The van der Waals surface area contributed by atoms with Gasteiger partial charge in [-0.05, 0) is 93.2 Å². The highest BCUT2D eigenvalue weighted by atomic mass is 14.2. The summed E-state index contributed by atoms with van der Waals surface area (Å²) in [6, 6.07) is 47.6. The van der Waals surface area contributed by atoms with Crippen molar-refractivity contribution >= 4 is 53.9 Å². The molecule has 0 aliphatic rings. The minimum atomic E-state index is 0.112. The van der Waals surface area contributed by atoms with Crippen molar-refractivity contribution in [3.05, 3.63) is 133 Å². The molecule has 0 unspecified atom stereocenters. The Morgan fingerprint density at radius 1 is 0.375 bits per heavy atom. The topological polar surface area (TPSA) is 0 Å². The molecule has 190 valence electrons. The molecule has 0 nitrogen and oxygen atoms in total. The van der Waals surface area contributed by atoms with Crippen molar-refractivity contribution in [1.29, 1.82) is 0 Å². The first kappa shape index (κ1) is 23.2. The first-order chi connectivity index (χ1) is 19.5. The summed E-state index contributed by atoms with van der Waals surface area (Å²) in [4.78, 5) is 0. The summed E-state index contributed by atoms with van der Waals surface area (Å²) in [5.41, 5.74) is 6.61. The minimum Gasteiger partial charge on any atom is -0.0616 e. The number of fused-ring (bicyclic) bond motifs is 2. The van der Waals surface area contributed by atoms with E-state index < -0.39 is 0 Å². The maximum Gasteiger partial charge on any atom is -0.00206 e. The molecule has 8 rings (SSSR count). The Bertz CT molecular complexity index is 2220. The molecule has 0 amide bonds. The summed E-state index contributed by atoms with van der Waals surface area (Å²) in [6.07, 6.45) is 0. The zero-order chi connectivity index (χ0) is 27.0. The van der Waals surface area contributed by atoms with Crippen molar-refractivity contribution in [3.63, 3.8) is 0 Å². The summed E-state index contributed by atoms with van der Waals surface area (Å²) in [5, 5.41) is 13.2. The number of hydrogen-bond donors (Lipinski definition) is 0. The van der Waals surface area contributed by atoms with Gasteiger partial charge < -0.3 is 0 Å². The fraction of sp³-hybridized carbons (Fsp3) is 0.100. The van der Waals surface area contributed by atoms with E-state index in [1.807, 2.05) is 0 Å². The van der Waals surface area contributed by atoms with Crippen LogP contribution in [0.2, 0.25) is 0 Å². The van der Waals surface area contributed by atoms with Crippen LogP contribution in [0.4, 0.5) is 0 Å². The highest BCUT2D eigenvalue weighted by Crippen LogP contribution is 2.43. The van der Waals surface area contributed by atoms with Crippen molar-refractivity contribution in [3.8, 4) is 22.3 Å². The van der Waals surface area contributed by atoms with Crippen LogP contribution in [-0.4, -0.2) is 0 Å². The Kier molecular flexibility index (Phi) is 4.88. The van der Waals surface area contributed by atoms with E-state index >= 15 is 0 Å². The van der Waals surface area contributed by atoms with Gasteiger partial charge in [0.05, 0.1) is 0 Å². The highest BCUT2D eigenvalue weighted by molar-refractivity contribution is 6.26.